The third-order valence-corrected chi connectivity index (χ3v) is 6.28. The smallest absolute Gasteiger partial charge is 0.249 e. The molecule has 0 bridgehead atoms. The maximum Gasteiger partial charge on any atom is 0.249 e. The number of amides is 1. The van der Waals surface area contributed by atoms with Gasteiger partial charge < -0.3 is 14.0 Å². The summed E-state index contributed by atoms with van der Waals surface area (Å²) < 4.78 is 13.6. The molecule has 0 radical (unpaired) electrons. The Bertz CT molecular complexity index is 1010. The van der Waals surface area contributed by atoms with Crippen LogP contribution in [-0.2, 0) is 16.1 Å². The van der Waals surface area contributed by atoms with Crippen molar-refractivity contribution in [3.05, 3.63) is 52.8 Å². The number of carbonyl (C=O) groups excluding carboxylic acids is 1. The average Bonchev–Trinajstić information content (AvgIpc) is 3.02. The summed E-state index contributed by atoms with van der Waals surface area (Å²) in [4.78, 5) is 18.7. The summed E-state index contributed by atoms with van der Waals surface area (Å²) in [6.45, 7) is 3.32. The van der Waals surface area contributed by atoms with Gasteiger partial charge in [-0.3, -0.25) is 4.79 Å². The van der Waals surface area contributed by atoms with Crippen LogP contribution in [0.25, 0.3) is 10.2 Å². The molecule has 0 aliphatic carbocycles. The van der Waals surface area contributed by atoms with Crippen molar-refractivity contribution in [1.82, 2.24) is 4.57 Å². The Morgan fingerprint density at radius 1 is 1.18 bits per heavy atom. The lowest BCUT2D eigenvalue weighted by Gasteiger charge is -2.04. The fourth-order valence-electron chi connectivity index (χ4n) is 2.76. The van der Waals surface area contributed by atoms with Crippen LogP contribution >= 0.6 is 23.1 Å². The van der Waals surface area contributed by atoms with Gasteiger partial charge in [0.15, 0.2) is 4.80 Å². The van der Waals surface area contributed by atoms with Crippen LogP contribution in [0.15, 0.2) is 52.4 Å². The van der Waals surface area contributed by atoms with Crippen LogP contribution in [0, 0.1) is 6.92 Å². The normalized spacial score (nSPS) is 11.9. The minimum atomic E-state index is -0.101. The summed E-state index contributed by atoms with van der Waals surface area (Å²) in [6.07, 6.45) is 0.397. The monoisotopic (exact) mass is 416 g/mol. The van der Waals surface area contributed by atoms with Gasteiger partial charge in [0.2, 0.25) is 5.91 Å². The number of fused-ring (bicyclic) bond motifs is 1. The summed E-state index contributed by atoms with van der Waals surface area (Å²) in [5.74, 6) is 1.42. The highest BCUT2D eigenvalue weighted by atomic mass is 32.2. The predicted octanol–water partition coefficient (Wildman–Crippen LogP) is 4.28. The first-order valence-corrected chi connectivity index (χ1v) is 10.8. The van der Waals surface area contributed by atoms with E-state index in [0.29, 0.717) is 25.3 Å². The van der Waals surface area contributed by atoms with E-state index < -0.39 is 0 Å². The Morgan fingerprint density at radius 3 is 2.68 bits per heavy atom. The van der Waals surface area contributed by atoms with Crippen molar-refractivity contribution in [3.63, 3.8) is 0 Å². The van der Waals surface area contributed by atoms with Gasteiger partial charge in [0.25, 0.3) is 0 Å². The van der Waals surface area contributed by atoms with Gasteiger partial charge in [0.1, 0.15) is 5.75 Å². The van der Waals surface area contributed by atoms with Crippen molar-refractivity contribution in [2.75, 3.05) is 26.6 Å². The lowest BCUT2D eigenvalue weighted by Crippen LogP contribution is -2.19. The molecular formula is C21H24N2O3S2. The van der Waals surface area contributed by atoms with Gasteiger partial charge >= 0.3 is 0 Å². The number of thioether (sulfide) groups is 1. The number of methoxy groups -OCH3 is 2. The van der Waals surface area contributed by atoms with Gasteiger partial charge in [-0.05, 0) is 48.9 Å². The number of benzene rings is 2. The first-order valence-electron chi connectivity index (χ1n) is 9.04. The maximum absolute atomic E-state index is 12.4. The van der Waals surface area contributed by atoms with Crippen LogP contribution in [0.3, 0.4) is 0 Å². The maximum atomic E-state index is 12.4. The van der Waals surface area contributed by atoms with E-state index in [4.69, 9.17) is 9.47 Å². The topological polar surface area (TPSA) is 52.8 Å². The highest BCUT2D eigenvalue weighted by molar-refractivity contribution is 7.99. The SMILES string of the molecule is COCCn1c(=NC(=O)CCSc2ccc(OC)cc2)sc2cc(C)ccc21. The summed E-state index contributed by atoms with van der Waals surface area (Å²) in [5.41, 5.74) is 2.29. The van der Waals surface area contributed by atoms with Gasteiger partial charge in [-0.15, -0.1) is 11.8 Å². The van der Waals surface area contributed by atoms with Crippen LogP contribution in [0.2, 0.25) is 0 Å². The predicted molar refractivity (Wildman–Crippen MR) is 115 cm³/mol. The van der Waals surface area contributed by atoms with Gasteiger partial charge in [0.05, 0.1) is 23.9 Å². The molecule has 5 nitrogen and oxygen atoms in total. The molecule has 0 unspecified atom stereocenters. The lowest BCUT2D eigenvalue weighted by atomic mass is 10.2. The van der Waals surface area contributed by atoms with Crippen LogP contribution in [0.4, 0.5) is 0 Å². The van der Waals surface area contributed by atoms with Crippen LogP contribution in [0.1, 0.15) is 12.0 Å². The number of thiazole rings is 1. The number of nitrogens with zero attached hydrogens (tertiary/aromatic N) is 2. The van der Waals surface area contributed by atoms with Gasteiger partial charge in [-0.1, -0.05) is 17.4 Å². The molecule has 0 atom stereocenters. The van der Waals surface area contributed by atoms with Crippen LogP contribution in [0.5, 0.6) is 5.75 Å². The average molecular weight is 417 g/mol. The molecule has 0 saturated carbocycles. The summed E-state index contributed by atoms with van der Waals surface area (Å²) in [6, 6.07) is 14.1. The highest BCUT2D eigenvalue weighted by Gasteiger charge is 2.08. The molecule has 0 N–H and O–H groups in total. The standard InChI is InChI=1S/C21H24N2O3S2/c1-15-4-9-18-19(14-15)28-21(23(18)11-12-25-2)22-20(24)10-13-27-17-7-5-16(26-3)6-8-17/h4-9,14H,10-13H2,1-3H3. The van der Waals surface area contributed by atoms with Crippen LogP contribution in [-0.4, -0.2) is 37.1 Å². The number of hydrogen-bond acceptors (Lipinski definition) is 5. The lowest BCUT2D eigenvalue weighted by molar-refractivity contribution is -0.117. The Balaban J connectivity index is 1.71. The fraction of sp³-hybridized carbons (Fsp3) is 0.333. The molecule has 1 amide bonds. The van der Waals surface area contributed by atoms with Crippen molar-refractivity contribution in [3.8, 4) is 5.75 Å². The largest absolute Gasteiger partial charge is 0.497 e. The zero-order chi connectivity index (χ0) is 19.9. The zero-order valence-corrected chi connectivity index (χ0v) is 17.9. The first kappa shape index (κ1) is 20.6. The molecule has 7 heteroatoms. The number of aryl methyl sites for hydroxylation is 1. The molecule has 148 valence electrons. The molecule has 0 spiro atoms. The number of hydrogen-bond donors (Lipinski definition) is 0. The number of ether oxygens (including phenoxy) is 2. The number of rotatable bonds is 8. The third-order valence-electron chi connectivity index (χ3n) is 4.22. The quantitative estimate of drug-likeness (QED) is 0.515. The zero-order valence-electron chi connectivity index (χ0n) is 16.3. The van der Waals surface area contributed by atoms with Crippen molar-refractivity contribution < 1.29 is 14.3 Å². The summed E-state index contributed by atoms with van der Waals surface area (Å²) in [5, 5.41) is 0. The molecule has 1 aromatic heterocycles. The minimum absolute atomic E-state index is 0.101. The summed E-state index contributed by atoms with van der Waals surface area (Å²) in [7, 11) is 3.33. The minimum Gasteiger partial charge on any atom is -0.497 e. The van der Waals surface area contributed by atoms with Crippen molar-refractivity contribution in [1.29, 1.82) is 0 Å². The molecule has 0 fully saturated rings. The Kier molecular flexibility index (Phi) is 7.30. The molecule has 3 aromatic rings. The van der Waals surface area contributed by atoms with E-state index in [1.807, 2.05) is 24.3 Å². The highest BCUT2D eigenvalue weighted by Crippen LogP contribution is 2.22. The van der Waals surface area contributed by atoms with E-state index >= 15 is 0 Å². The Hall–Kier alpha value is -2.09. The molecular weight excluding hydrogens is 392 g/mol. The van der Waals surface area contributed by atoms with E-state index in [2.05, 4.69) is 34.7 Å². The second-order valence-electron chi connectivity index (χ2n) is 6.28. The van der Waals surface area contributed by atoms with Crippen LogP contribution < -0.4 is 9.54 Å². The van der Waals surface area contributed by atoms with E-state index in [9.17, 15) is 4.79 Å². The number of carbonyl (C=O) groups is 1. The van der Waals surface area contributed by atoms with E-state index in [1.54, 1.807) is 37.3 Å². The molecule has 2 aromatic carbocycles. The third kappa shape index (κ3) is 5.25. The molecule has 1 heterocycles. The second kappa shape index (κ2) is 9.91. The molecule has 3 rings (SSSR count). The molecule has 0 aliphatic heterocycles. The fourth-order valence-corrected chi connectivity index (χ4v) is 4.77. The van der Waals surface area contributed by atoms with Gasteiger partial charge in [-0.2, -0.15) is 4.99 Å². The summed E-state index contributed by atoms with van der Waals surface area (Å²) >= 11 is 3.19. The van der Waals surface area contributed by atoms with E-state index in [0.717, 1.165) is 25.7 Å². The molecule has 28 heavy (non-hydrogen) atoms. The molecule has 0 aliphatic rings. The van der Waals surface area contributed by atoms with Gasteiger partial charge in [0, 0.05) is 30.7 Å². The van der Waals surface area contributed by atoms with Gasteiger partial charge in [-0.25, -0.2) is 0 Å². The van der Waals surface area contributed by atoms with E-state index in [-0.39, 0.29) is 5.91 Å². The van der Waals surface area contributed by atoms with Crippen molar-refractivity contribution in [2.45, 2.75) is 24.8 Å². The first-order chi connectivity index (χ1) is 13.6. The number of aromatic nitrogens is 1. The molecule has 0 saturated heterocycles. The van der Waals surface area contributed by atoms with Crippen molar-refractivity contribution >= 4 is 39.2 Å². The van der Waals surface area contributed by atoms with E-state index in [1.165, 1.54) is 5.56 Å². The Morgan fingerprint density at radius 2 is 1.96 bits per heavy atom. The van der Waals surface area contributed by atoms with Crippen molar-refractivity contribution in [2.24, 2.45) is 4.99 Å². The Labute approximate surface area is 173 Å². The second-order valence-corrected chi connectivity index (χ2v) is 8.46.